The molecule has 0 aliphatic carbocycles. The lowest BCUT2D eigenvalue weighted by Gasteiger charge is -2.04. The minimum atomic E-state index is -3.65. The van der Waals surface area contributed by atoms with E-state index in [4.69, 9.17) is 0 Å². The molecule has 1 rings (SSSR count). The Morgan fingerprint density at radius 2 is 1.89 bits per heavy atom. The summed E-state index contributed by atoms with van der Waals surface area (Å²) >= 11 is 0. The van der Waals surface area contributed by atoms with Crippen molar-refractivity contribution in [2.45, 2.75) is 4.90 Å². The number of carbonyl (C=O) groups is 1. The van der Waals surface area contributed by atoms with Gasteiger partial charge in [0, 0.05) is 12.1 Å². The van der Waals surface area contributed by atoms with Gasteiger partial charge in [-0.05, 0) is 12.1 Å². The fraction of sp³-hybridized carbons (Fsp3) is 0.222. The van der Waals surface area contributed by atoms with Crippen LogP contribution in [0.5, 0.6) is 0 Å². The summed E-state index contributed by atoms with van der Waals surface area (Å²) in [5.74, 6) is -0.437. The molecule has 0 fully saturated rings. The number of hydrogen-bond donors (Lipinski definition) is 1. The van der Waals surface area contributed by atoms with Crippen LogP contribution in [0.3, 0.4) is 0 Å². The maximum atomic E-state index is 11.7. The van der Waals surface area contributed by atoms with Crippen molar-refractivity contribution in [1.29, 1.82) is 0 Å². The Labute approximate surface area is 102 Å². The molecule has 0 aliphatic heterocycles. The lowest BCUT2D eigenvalue weighted by atomic mass is 10.3. The smallest absolute Gasteiger partial charge is 0.404 e. The molecule has 0 heterocycles. The van der Waals surface area contributed by atoms with Gasteiger partial charge in [-0.1, -0.05) is 0 Å². The highest BCUT2D eigenvalue weighted by Crippen LogP contribution is 2.16. The molecule has 8 nitrogen and oxygen atoms in total. The monoisotopic (exact) mass is 274 g/mol. The van der Waals surface area contributed by atoms with E-state index in [1.54, 1.807) is 0 Å². The van der Waals surface area contributed by atoms with Crippen LogP contribution in [0.25, 0.3) is 0 Å². The van der Waals surface area contributed by atoms with Crippen molar-refractivity contribution in [2.75, 3.05) is 12.4 Å². The highest BCUT2D eigenvalue weighted by molar-refractivity contribution is 7.91. The first-order valence-electron chi connectivity index (χ1n) is 4.72. The minimum Gasteiger partial charge on any atom is -0.449 e. The van der Waals surface area contributed by atoms with E-state index in [9.17, 15) is 23.3 Å². The second-order valence-corrected chi connectivity index (χ2v) is 5.35. The predicted octanol–water partition coefficient (Wildman–Crippen LogP) is 0.464. The third-order valence-electron chi connectivity index (χ3n) is 2.00. The molecule has 0 aliphatic rings. The second kappa shape index (κ2) is 5.45. The maximum absolute atomic E-state index is 11.7. The Hall–Kier alpha value is -2.16. The van der Waals surface area contributed by atoms with Crippen molar-refractivity contribution in [3.8, 4) is 0 Å². The largest absolute Gasteiger partial charge is 0.449 e. The summed E-state index contributed by atoms with van der Waals surface area (Å²) in [5.41, 5.74) is 4.48. The van der Waals surface area contributed by atoms with Gasteiger partial charge < -0.3 is 10.5 Å². The van der Waals surface area contributed by atoms with Crippen LogP contribution in [0.1, 0.15) is 0 Å². The molecular formula is C9H10N2O6S. The van der Waals surface area contributed by atoms with Crippen LogP contribution < -0.4 is 5.73 Å². The van der Waals surface area contributed by atoms with E-state index >= 15 is 0 Å². The van der Waals surface area contributed by atoms with E-state index in [1.807, 2.05) is 0 Å². The van der Waals surface area contributed by atoms with Crippen molar-refractivity contribution in [2.24, 2.45) is 5.73 Å². The summed E-state index contributed by atoms with van der Waals surface area (Å²) in [6, 6.07) is 4.42. The molecule has 9 heteroatoms. The molecule has 1 aromatic carbocycles. The first-order chi connectivity index (χ1) is 8.33. The van der Waals surface area contributed by atoms with Gasteiger partial charge in [-0.25, -0.2) is 13.2 Å². The average Bonchev–Trinajstić information content (AvgIpc) is 2.28. The highest BCUT2D eigenvalue weighted by Gasteiger charge is 2.16. The van der Waals surface area contributed by atoms with Gasteiger partial charge in [-0.15, -0.1) is 0 Å². The van der Waals surface area contributed by atoms with Crippen molar-refractivity contribution in [3.63, 3.8) is 0 Å². The SMILES string of the molecule is NC(=O)OCCS(=O)(=O)c1ccc([N+](=O)[O-])cc1. The summed E-state index contributed by atoms with van der Waals surface area (Å²) in [6.45, 7) is -0.366. The summed E-state index contributed by atoms with van der Waals surface area (Å²) in [5, 5.41) is 10.4. The van der Waals surface area contributed by atoms with E-state index in [1.165, 1.54) is 0 Å². The summed E-state index contributed by atoms with van der Waals surface area (Å²) in [6.07, 6.45) is -1.06. The zero-order chi connectivity index (χ0) is 13.8. The van der Waals surface area contributed by atoms with Gasteiger partial charge >= 0.3 is 6.09 Å². The topological polar surface area (TPSA) is 130 Å². The lowest BCUT2D eigenvalue weighted by Crippen LogP contribution is -2.19. The van der Waals surface area contributed by atoms with Gasteiger partial charge in [-0.3, -0.25) is 10.1 Å². The van der Waals surface area contributed by atoms with Crippen molar-refractivity contribution in [3.05, 3.63) is 34.4 Å². The summed E-state index contributed by atoms with van der Waals surface area (Å²) < 4.78 is 27.7. The van der Waals surface area contributed by atoms with E-state index in [2.05, 4.69) is 10.5 Å². The van der Waals surface area contributed by atoms with Crippen molar-refractivity contribution >= 4 is 21.6 Å². The molecule has 0 saturated carbocycles. The number of rotatable bonds is 5. The number of non-ortho nitro benzene ring substituents is 1. The van der Waals surface area contributed by atoms with E-state index in [-0.39, 0.29) is 17.2 Å². The zero-order valence-corrected chi connectivity index (χ0v) is 9.92. The molecule has 0 aromatic heterocycles. The maximum Gasteiger partial charge on any atom is 0.404 e. The molecule has 0 unspecified atom stereocenters. The van der Waals surface area contributed by atoms with Crippen LogP contribution in [0, 0.1) is 10.1 Å². The fourth-order valence-corrected chi connectivity index (χ4v) is 2.23. The van der Waals surface area contributed by atoms with Gasteiger partial charge in [0.05, 0.1) is 15.6 Å². The third kappa shape index (κ3) is 3.70. The van der Waals surface area contributed by atoms with E-state index < -0.39 is 26.6 Å². The minimum absolute atomic E-state index is 0.0822. The van der Waals surface area contributed by atoms with Crippen LogP contribution in [-0.4, -0.2) is 31.8 Å². The lowest BCUT2D eigenvalue weighted by molar-refractivity contribution is -0.384. The number of primary amides is 1. The summed E-state index contributed by atoms with van der Waals surface area (Å²) in [4.78, 5) is 20.0. The number of sulfone groups is 1. The number of hydrogen-bond acceptors (Lipinski definition) is 6. The molecule has 2 N–H and O–H groups in total. The van der Waals surface area contributed by atoms with Crippen LogP contribution >= 0.6 is 0 Å². The molecule has 0 spiro atoms. The number of nitro groups is 1. The van der Waals surface area contributed by atoms with Crippen molar-refractivity contribution in [1.82, 2.24) is 0 Å². The average molecular weight is 274 g/mol. The molecule has 98 valence electrons. The number of carbonyl (C=O) groups excluding carboxylic acids is 1. The molecule has 18 heavy (non-hydrogen) atoms. The summed E-state index contributed by atoms with van der Waals surface area (Å²) in [7, 11) is -3.65. The Bertz CT molecular complexity index is 551. The molecule has 1 aromatic rings. The molecule has 1 amide bonds. The number of amides is 1. The Morgan fingerprint density at radius 1 is 1.33 bits per heavy atom. The van der Waals surface area contributed by atoms with Crippen LogP contribution in [-0.2, 0) is 14.6 Å². The van der Waals surface area contributed by atoms with Crippen LogP contribution in [0.2, 0.25) is 0 Å². The van der Waals surface area contributed by atoms with E-state index in [0.29, 0.717) is 0 Å². The van der Waals surface area contributed by atoms with Crippen LogP contribution in [0.4, 0.5) is 10.5 Å². The quantitative estimate of drug-likeness (QED) is 0.613. The standard InChI is InChI=1S/C9H10N2O6S/c10-9(12)17-5-6-18(15,16)8-3-1-7(2-4-8)11(13)14/h1-4H,5-6H2,(H2,10,12). The van der Waals surface area contributed by atoms with Gasteiger partial charge in [0.25, 0.3) is 5.69 Å². The second-order valence-electron chi connectivity index (χ2n) is 3.24. The van der Waals surface area contributed by atoms with Gasteiger partial charge in [0.1, 0.15) is 6.61 Å². The van der Waals surface area contributed by atoms with E-state index in [0.717, 1.165) is 24.3 Å². The highest BCUT2D eigenvalue weighted by atomic mass is 32.2. The van der Waals surface area contributed by atoms with Crippen LogP contribution in [0.15, 0.2) is 29.2 Å². The van der Waals surface area contributed by atoms with Gasteiger partial charge in [0.2, 0.25) is 0 Å². The Morgan fingerprint density at radius 3 is 2.33 bits per heavy atom. The number of nitrogens with zero attached hydrogens (tertiary/aromatic N) is 1. The fourth-order valence-electron chi connectivity index (χ4n) is 1.15. The number of nitrogens with two attached hydrogens (primary N) is 1. The molecule has 0 bridgehead atoms. The first-order valence-corrected chi connectivity index (χ1v) is 6.37. The normalized spacial score (nSPS) is 10.9. The molecule has 0 atom stereocenters. The Balaban J connectivity index is 2.79. The third-order valence-corrected chi connectivity index (χ3v) is 3.70. The number of benzene rings is 1. The van der Waals surface area contributed by atoms with Gasteiger partial charge in [-0.2, -0.15) is 0 Å². The van der Waals surface area contributed by atoms with Gasteiger partial charge in [0.15, 0.2) is 9.84 Å². The van der Waals surface area contributed by atoms with Crippen molar-refractivity contribution < 1.29 is 22.9 Å². The first kappa shape index (κ1) is 13.9. The molecule has 0 saturated heterocycles. The molecular weight excluding hydrogens is 264 g/mol. The zero-order valence-electron chi connectivity index (χ0n) is 9.11. The number of ether oxygens (including phenoxy) is 1. The Kier molecular flexibility index (Phi) is 4.21. The molecule has 0 radical (unpaired) electrons. The predicted molar refractivity (Wildman–Crippen MR) is 60.7 cm³/mol. The number of nitro benzene ring substituents is 1.